The van der Waals surface area contributed by atoms with Gasteiger partial charge in [0.2, 0.25) is 0 Å². The minimum Gasteiger partial charge on any atom is -0.507 e. The van der Waals surface area contributed by atoms with Gasteiger partial charge < -0.3 is 26.0 Å². The van der Waals surface area contributed by atoms with Gasteiger partial charge in [0.05, 0.1) is 43.6 Å². The second-order valence-corrected chi connectivity index (χ2v) is 19.4. The molecule has 344 valence electrons. The van der Waals surface area contributed by atoms with Gasteiger partial charge in [-0.3, -0.25) is 18.2 Å². The molecule has 23 nitrogen and oxygen atoms in total. The zero-order valence-corrected chi connectivity index (χ0v) is 36.6. The molecule has 0 aromatic heterocycles. The van der Waals surface area contributed by atoms with E-state index in [9.17, 15) is 67.2 Å². The molecule has 7 rings (SSSR count). The van der Waals surface area contributed by atoms with Gasteiger partial charge >= 0.3 is 0 Å². The molecule has 0 fully saturated rings. The smallest absolute Gasteiger partial charge is 0.296 e. The Morgan fingerprint density at radius 3 is 1.27 bits per heavy atom. The number of benzene rings is 7. The Kier molecular flexibility index (Phi) is 12.9. The van der Waals surface area contributed by atoms with E-state index in [4.69, 9.17) is 0 Å². The van der Waals surface area contributed by atoms with Gasteiger partial charge in [-0.05, 0) is 84.2 Å². The van der Waals surface area contributed by atoms with Crippen LogP contribution in [0, 0.1) is 0 Å². The molecule has 0 unspecified atom stereocenters. The molecule has 0 aliphatic rings. The first-order chi connectivity index (χ1) is 31.5. The molecule has 0 radical (unpaired) electrons. The number of hydrogen-bond acceptors (Lipinski definition) is 19. The standard InChI is InChI=1S/C40H30N8O15S4/c49-34-20-28(65(55,56)57)16-22-15-27(64(52,53)54)19-31(37(22)34)45-47-33-21-32(46-43-25-11-13-29(35(17-25)66(58,59)60)41-23-7-3-1-4-8-23)39(50)38(40(33)51)48-44-26-12-14-30(36(18-26)67(61,62)63)42-24-9-5-2-6-10-24/h1-21,41-42,49-51H,(H,52,53,54)(H,55,56,57)(H,58,59,60)(H,61,62,63). The van der Waals surface area contributed by atoms with Crippen LogP contribution >= 0.6 is 0 Å². The van der Waals surface area contributed by atoms with Gasteiger partial charge in [0, 0.05) is 23.5 Å². The number of para-hydroxylation sites is 2. The Labute approximate surface area is 379 Å². The Bertz CT molecular complexity index is 3670. The van der Waals surface area contributed by atoms with Crippen LogP contribution in [0.2, 0.25) is 0 Å². The molecular weight excluding hydrogens is 961 g/mol. The number of azo groups is 3. The summed E-state index contributed by atoms with van der Waals surface area (Å²) < 4.78 is 137. The summed E-state index contributed by atoms with van der Waals surface area (Å²) in [5.41, 5.74) is -2.39. The van der Waals surface area contributed by atoms with Crippen molar-refractivity contribution in [3.05, 3.63) is 127 Å². The summed E-state index contributed by atoms with van der Waals surface area (Å²) in [6, 6.07) is 27.1. The average molecular weight is 991 g/mol. The van der Waals surface area contributed by atoms with Crippen LogP contribution in [-0.2, 0) is 40.5 Å². The van der Waals surface area contributed by atoms with E-state index in [1.54, 1.807) is 60.7 Å². The molecular formula is C40H30N8O15S4. The fourth-order valence-electron chi connectivity index (χ4n) is 6.12. The highest BCUT2D eigenvalue weighted by atomic mass is 32.2. The quantitative estimate of drug-likeness (QED) is 0.0361. The highest BCUT2D eigenvalue weighted by Crippen LogP contribution is 2.51. The summed E-state index contributed by atoms with van der Waals surface area (Å²) in [4.78, 5) is -3.04. The molecule has 9 N–H and O–H groups in total. The lowest BCUT2D eigenvalue weighted by Gasteiger charge is -2.11. The van der Waals surface area contributed by atoms with Crippen LogP contribution in [0.25, 0.3) is 10.8 Å². The lowest BCUT2D eigenvalue weighted by molar-refractivity contribution is 0.454. The second kappa shape index (κ2) is 18.3. The normalized spacial score (nSPS) is 12.7. The van der Waals surface area contributed by atoms with Gasteiger partial charge in [0.25, 0.3) is 40.5 Å². The third-order valence-electron chi connectivity index (χ3n) is 9.15. The zero-order chi connectivity index (χ0) is 48.5. The molecule has 67 heavy (non-hydrogen) atoms. The molecule has 0 saturated carbocycles. The van der Waals surface area contributed by atoms with Gasteiger partial charge in [-0.25, -0.2) is 0 Å². The third-order valence-corrected chi connectivity index (χ3v) is 12.6. The van der Waals surface area contributed by atoms with Crippen molar-refractivity contribution in [2.24, 2.45) is 30.7 Å². The van der Waals surface area contributed by atoms with Crippen molar-refractivity contribution in [1.82, 2.24) is 0 Å². The van der Waals surface area contributed by atoms with E-state index in [0.717, 1.165) is 30.3 Å². The van der Waals surface area contributed by atoms with Gasteiger partial charge in [-0.15, -0.1) is 20.5 Å². The van der Waals surface area contributed by atoms with Crippen LogP contribution in [0.15, 0.2) is 178 Å². The Morgan fingerprint density at radius 1 is 0.403 bits per heavy atom. The Hall–Kier alpha value is -7.76. The molecule has 0 aliphatic heterocycles. The highest BCUT2D eigenvalue weighted by molar-refractivity contribution is 7.86. The van der Waals surface area contributed by atoms with Gasteiger partial charge in [0.15, 0.2) is 17.2 Å². The molecule has 27 heteroatoms. The van der Waals surface area contributed by atoms with Crippen LogP contribution in [-0.4, -0.2) is 67.2 Å². The fraction of sp³-hybridized carbons (Fsp3) is 0. The predicted octanol–water partition coefficient (Wildman–Crippen LogP) is 9.68. The Morgan fingerprint density at radius 2 is 0.821 bits per heavy atom. The van der Waals surface area contributed by atoms with Crippen LogP contribution < -0.4 is 10.6 Å². The molecule has 0 heterocycles. The molecule has 7 aromatic carbocycles. The van der Waals surface area contributed by atoms with Crippen LogP contribution in [0.5, 0.6) is 17.2 Å². The van der Waals surface area contributed by atoms with Crippen LogP contribution in [0.3, 0.4) is 0 Å². The summed E-state index contributed by atoms with van der Waals surface area (Å²) in [5, 5.41) is 62.0. The zero-order valence-electron chi connectivity index (χ0n) is 33.3. The minimum atomic E-state index is -5.06. The molecule has 0 spiro atoms. The largest absolute Gasteiger partial charge is 0.507 e. The number of hydrogen-bond donors (Lipinski definition) is 9. The first-order valence-corrected chi connectivity index (χ1v) is 24.2. The summed E-state index contributed by atoms with van der Waals surface area (Å²) in [7, 11) is -19.8. The third kappa shape index (κ3) is 11.0. The van der Waals surface area contributed by atoms with Crippen molar-refractivity contribution < 1.29 is 67.2 Å². The van der Waals surface area contributed by atoms with Crippen molar-refractivity contribution in [2.45, 2.75) is 19.6 Å². The predicted molar refractivity (Wildman–Crippen MR) is 240 cm³/mol. The molecule has 0 aliphatic carbocycles. The lowest BCUT2D eigenvalue weighted by Crippen LogP contribution is -2.03. The van der Waals surface area contributed by atoms with E-state index < -0.39 is 100 Å². The van der Waals surface area contributed by atoms with Gasteiger partial charge in [-0.1, -0.05) is 36.4 Å². The molecule has 7 aromatic rings. The number of rotatable bonds is 14. The number of fused-ring (bicyclic) bond motifs is 1. The topological polar surface area (TPSA) is 376 Å². The molecule has 0 atom stereocenters. The van der Waals surface area contributed by atoms with Gasteiger partial charge in [-0.2, -0.15) is 43.9 Å². The SMILES string of the molecule is O=S(=O)(O)c1cc(O)c2c(N=Nc3cc(N=Nc4ccc(Nc5ccccc5)c(S(=O)(=O)O)c4)c(O)c(N=Nc4ccc(Nc5ccccc5)c(S(=O)(=O)O)c4)c3O)cc(S(=O)(=O)O)cc2c1. The first-order valence-electron chi connectivity index (χ1n) is 18.4. The minimum absolute atomic E-state index is 0.0580. The van der Waals surface area contributed by atoms with Crippen LogP contribution in [0.1, 0.15) is 0 Å². The maximum atomic E-state index is 12.4. The average Bonchev–Trinajstić information content (AvgIpc) is 3.25. The van der Waals surface area contributed by atoms with Crippen molar-refractivity contribution in [3.8, 4) is 17.2 Å². The highest BCUT2D eigenvalue weighted by Gasteiger charge is 2.23. The second-order valence-electron chi connectivity index (χ2n) is 13.8. The Balaban J connectivity index is 1.37. The molecule has 0 bridgehead atoms. The lowest BCUT2D eigenvalue weighted by atomic mass is 10.1. The number of phenols is 3. The van der Waals surface area contributed by atoms with Crippen LogP contribution in [0.4, 0.5) is 56.9 Å². The maximum Gasteiger partial charge on any atom is 0.296 e. The van der Waals surface area contributed by atoms with Crippen molar-refractivity contribution in [1.29, 1.82) is 0 Å². The molecule has 0 amide bonds. The van der Waals surface area contributed by atoms with Crippen molar-refractivity contribution in [2.75, 3.05) is 10.6 Å². The summed E-state index contributed by atoms with van der Waals surface area (Å²) in [6.45, 7) is 0. The number of nitrogens with one attached hydrogen (secondary N) is 2. The maximum absolute atomic E-state index is 12.4. The number of anilines is 4. The monoisotopic (exact) mass is 990 g/mol. The number of aromatic hydroxyl groups is 3. The van der Waals surface area contributed by atoms with E-state index >= 15 is 0 Å². The van der Waals surface area contributed by atoms with E-state index in [1.165, 1.54) is 24.3 Å². The first kappa shape index (κ1) is 47.2. The van der Waals surface area contributed by atoms with E-state index in [1.807, 2.05) is 0 Å². The van der Waals surface area contributed by atoms with Gasteiger partial charge in [0.1, 0.15) is 26.9 Å². The van der Waals surface area contributed by atoms with Crippen molar-refractivity contribution in [3.63, 3.8) is 0 Å². The summed E-state index contributed by atoms with van der Waals surface area (Å²) >= 11 is 0. The number of nitrogens with zero attached hydrogens (tertiary/aromatic N) is 6. The fourth-order valence-corrected chi connectivity index (χ4v) is 8.53. The molecule has 0 saturated heterocycles. The van der Waals surface area contributed by atoms with E-state index in [0.29, 0.717) is 23.5 Å². The summed E-state index contributed by atoms with van der Waals surface area (Å²) in [6.07, 6.45) is 0. The van der Waals surface area contributed by atoms with Crippen molar-refractivity contribution >= 4 is 108 Å². The van der Waals surface area contributed by atoms with E-state index in [2.05, 4.69) is 41.3 Å². The summed E-state index contributed by atoms with van der Waals surface area (Å²) in [5.74, 6) is -2.88. The van der Waals surface area contributed by atoms with E-state index in [-0.39, 0.29) is 33.5 Å². The number of phenolic OH excluding ortho intramolecular Hbond substituents is 3.